The summed E-state index contributed by atoms with van der Waals surface area (Å²) in [7, 11) is 0. The zero-order valence-corrected chi connectivity index (χ0v) is 15.9. The van der Waals surface area contributed by atoms with Gasteiger partial charge in [-0.15, -0.1) is 0 Å². The van der Waals surface area contributed by atoms with Crippen molar-refractivity contribution in [2.24, 2.45) is 0 Å². The summed E-state index contributed by atoms with van der Waals surface area (Å²) < 4.78 is 5.54. The van der Waals surface area contributed by atoms with Gasteiger partial charge in [-0.25, -0.2) is 0 Å². The Hall–Kier alpha value is -1.73. The van der Waals surface area contributed by atoms with Crippen molar-refractivity contribution in [2.75, 3.05) is 45.9 Å². The van der Waals surface area contributed by atoms with Gasteiger partial charge in [-0.3, -0.25) is 5.10 Å². The highest BCUT2D eigenvalue weighted by atomic mass is 16.5. The van der Waals surface area contributed by atoms with Crippen LogP contribution < -0.4 is 5.32 Å². The molecule has 2 aromatic rings. The number of benzene rings is 1. The van der Waals surface area contributed by atoms with Gasteiger partial charge in [-0.2, -0.15) is 5.10 Å². The summed E-state index contributed by atoms with van der Waals surface area (Å²) in [5, 5.41) is 21.8. The summed E-state index contributed by atoms with van der Waals surface area (Å²) in [5.41, 5.74) is 2.88. The summed E-state index contributed by atoms with van der Waals surface area (Å²) in [6.07, 6.45) is 3.06. The van der Waals surface area contributed by atoms with Gasteiger partial charge in [0, 0.05) is 37.7 Å². The van der Waals surface area contributed by atoms with E-state index in [9.17, 15) is 5.11 Å². The maximum Gasteiger partial charge on any atom is 0.113 e. The first kappa shape index (κ1) is 18.6. The van der Waals surface area contributed by atoms with Crippen molar-refractivity contribution in [1.29, 1.82) is 0 Å². The molecule has 146 valence electrons. The Morgan fingerprint density at radius 1 is 1.22 bits per heavy atom. The molecule has 4 rings (SSSR count). The van der Waals surface area contributed by atoms with E-state index < -0.39 is 5.60 Å². The molecule has 2 aliphatic rings. The Morgan fingerprint density at radius 2 is 2.04 bits per heavy atom. The molecule has 1 atom stereocenters. The maximum absolute atomic E-state index is 10.8. The summed E-state index contributed by atoms with van der Waals surface area (Å²) in [6, 6.07) is 12.7. The Morgan fingerprint density at radius 3 is 2.85 bits per heavy atom. The molecule has 0 aliphatic carbocycles. The molecule has 3 N–H and O–H groups in total. The zero-order chi connectivity index (χ0) is 18.5. The van der Waals surface area contributed by atoms with Gasteiger partial charge in [0.25, 0.3) is 0 Å². The van der Waals surface area contributed by atoms with Crippen LogP contribution in [0.15, 0.2) is 36.4 Å². The lowest BCUT2D eigenvalue weighted by Crippen LogP contribution is -2.52. The van der Waals surface area contributed by atoms with E-state index in [2.05, 4.69) is 50.7 Å². The van der Waals surface area contributed by atoms with E-state index in [0.717, 1.165) is 38.9 Å². The molecule has 2 fully saturated rings. The Balaban J connectivity index is 1.29. The highest BCUT2D eigenvalue weighted by molar-refractivity contribution is 5.23. The second kappa shape index (κ2) is 8.52. The lowest BCUT2D eigenvalue weighted by Gasteiger charge is -2.37. The molecule has 1 aromatic carbocycles. The summed E-state index contributed by atoms with van der Waals surface area (Å²) in [6.45, 7) is 5.18. The molecule has 2 saturated heterocycles. The number of piperidine rings is 1. The van der Waals surface area contributed by atoms with Crippen LogP contribution in [0.3, 0.4) is 0 Å². The predicted molar refractivity (Wildman–Crippen MR) is 105 cm³/mol. The fourth-order valence-corrected chi connectivity index (χ4v) is 4.18. The van der Waals surface area contributed by atoms with Gasteiger partial charge in [0.2, 0.25) is 0 Å². The third-order valence-electron chi connectivity index (χ3n) is 5.66. The van der Waals surface area contributed by atoms with Gasteiger partial charge < -0.3 is 20.1 Å². The van der Waals surface area contributed by atoms with Crippen LogP contribution in [-0.2, 0) is 11.2 Å². The van der Waals surface area contributed by atoms with Gasteiger partial charge in [0.05, 0.1) is 18.9 Å². The number of aromatic nitrogens is 2. The monoisotopic (exact) mass is 370 g/mol. The number of nitrogens with one attached hydrogen (secondary N) is 2. The quantitative estimate of drug-likeness (QED) is 0.744. The number of H-pyrrole nitrogens is 1. The maximum atomic E-state index is 10.8. The second-order valence-corrected chi connectivity index (χ2v) is 7.98. The Kier molecular flexibility index (Phi) is 5.88. The van der Waals surface area contributed by atoms with Crippen LogP contribution in [0.4, 0.5) is 0 Å². The molecule has 0 amide bonds. The van der Waals surface area contributed by atoms with Crippen LogP contribution in [-0.4, -0.2) is 71.7 Å². The summed E-state index contributed by atoms with van der Waals surface area (Å²) in [4.78, 5) is 2.37. The van der Waals surface area contributed by atoms with E-state index in [1.54, 1.807) is 0 Å². The van der Waals surface area contributed by atoms with Crippen LogP contribution in [0, 0.1) is 0 Å². The minimum Gasteiger partial charge on any atom is -0.385 e. The van der Waals surface area contributed by atoms with Crippen LogP contribution in [0.25, 0.3) is 0 Å². The first-order valence-electron chi connectivity index (χ1n) is 10.0. The minimum absolute atomic E-state index is 0.419. The molecular formula is C21H30N4O2. The van der Waals surface area contributed by atoms with E-state index in [-0.39, 0.29) is 0 Å². The molecule has 0 bridgehead atoms. The van der Waals surface area contributed by atoms with Gasteiger partial charge in [0.15, 0.2) is 0 Å². The fraction of sp³-hybridized carbons (Fsp3) is 0.571. The number of rotatable bonds is 5. The number of nitrogens with zero attached hydrogens (tertiary/aromatic N) is 2. The van der Waals surface area contributed by atoms with Crippen LogP contribution >= 0.6 is 0 Å². The standard InChI is InChI=1S/C21H30N4O2/c26-21(14-22-8-11-27-16-21)15-25-9-6-18(7-10-25)20-13-19(23-24-20)12-17-4-2-1-3-5-17/h1-5,13,18,22,26H,6-12,14-16H2,(H,23,24)/t21-/m0/s1. The summed E-state index contributed by atoms with van der Waals surface area (Å²) in [5.74, 6) is 0.500. The van der Waals surface area contributed by atoms with E-state index in [1.807, 2.05) is 6.07 Å². The molecule has 6 heteroatoms. The molecule has 1 aromatic heterocycles. The zero-order valence-electron chi connectivity index (χ0n) is 15.9. The van der Waals surface area contributed by atoms with Crippen molar-refractivity contribution in [1.82, 2.24) is 20.4 Å². The Labute approximate surface area is 160 Å². The smallest absolute Gasteiger partial charge is 0.113 e. The average Bonchev–Trinajstić information content (AvgIpc) is 3.04. The highest BCUT2D eigenvalue weighted by Gasteiger charge is 2.33. The van der Waals surface area contributed by atoms with Crippen LogP contribution in [0.1, 0.15) is 35.7 Å². The van der Waals surface area contributed by atoms with Crippen molar-refractivity contribution in [3.05, 3.63) is 53.3 Å². The van der Waals surface area contributed by atoms with Crippen molar-refractivity contribution >= 4 is 0 Å². The number of ether oxygens (including phenoxy) is 1. The molecular weight excluding hydrogens is 340 g/mol. The van der Waals surface area contributed by atoms with Crippen molar-refractivity contribution in [3.63, 3.8) is 0 Å². The lowest BCUT2D eigenvalue weighted by molar-refractivity contribution is -0.0520. The largest absolute Gasteiger partial charge is 0.385 e. The highest BCUT2D eigenvalue weighted by Crippen LogP contribution is 2.28. The number of aromatic amines is 1. The molecule has 3 heterocycles. The molecule has 6 nitrogen and oxygen atoms in total. The topological polar surface area (TPSA) is 73.4 Å². The van der Waals surface area contributed by atoms with Crippen molar-refractivity contribution < 1.29 is 9.84 Å². The van der Waals surface area contributed by atoms with E-state index in [4.69, 9.17) is 4.74 Å². The van der Waals surface area contributed by atoms with Gasteiger partial charge >= 0.3 is 0 Å². The second-order valence-electron chi connectivity index (χ2n) is 7.98. The number of hydrogen-bond acceptors (Lipinski definition) is 5. The van der Waals surface area contributed by atoms with E-state index >= 15 is 0 Å². The lowest BCUT2D eigenvalue weighted by atomic mass is 9.92. The number of hydrogen-bond donors (Lipinski definition) is 3. The molecule has 0 unspecified atom stereocenters. The molecule has 0 spiro atoms. The minimum atomic E-state index is -0.779. The predicted octanol–water partition coefficient (Wildman–Crippen LogP) is 1.53. The summed E-state index contributed by atoms with van der Waals surface area (Å²) >= 11 is 0. The van der Waals surface area contributed by atoms with E-state index in [0.29, 0.717) is 32.2 Å². The first-order valence-corrected chi connectivity index (χ1v) is 10.0. The fourth-order valence-electron chi connectivity index (χ4n) is 4.18. The van der Waals surface area contributed by atoms with Crippen LogP contribution in [0.5, 0.6) is 0 Å². The first-order chi connectivity index (χ1) is 13.2. The van der Waals surface area contributed by atoms with Crippen LogP contribution in [0.2, 0.25) is 0 Å². The molecule has 27 heavy (non-hydrogen) atoms. The van der Waals surface area contributed by atoms with Crippen molar-refractivity contribution in [3.8, 4) is 0 Å². The third-order valence-corrected chi connectivity index (χ3v) is 5.66. The van der Waals surface area contributed by atoms with Gasteiger partial charge in [-0.1, -0.05) is 30.3 Å². The van der Waals surface area contributed by atoms with Crippen molar-refractivity contribution in [2.45, 2.75) is 30.8 Å². The molecule has 0 radical (unpaired) electrons. The van der Waals surface area contributed by atoms with Gasteiger partial charge in [0.1, 0.15) is 5.60 Å². The number of likely N-dealkylation sites (tertiary alicyclic amines) is 1. The van der Waals surface area contributed by atoms with E-state index in [1.165, 1.54) is 17.0 Å². The third kappa shape index (κ3) is 4.96. The number of β-amino-alcohol motifs (C(OH)–C–C–N with tert-alkyl or cyclic N) is 1. The Bertz CT molecular complexity index is 702. The average molecular weight is 370 g/mol. The SMILES string of the molecule is O[C@]1(CN2CCC(c3cc(Cc4ccccc4)[nH]n3)CC2)CNCCOC1. The molecule has 0 saturated carbocycles. The normalized spacial score (nSPS) is 25.4. The van der Waals surface area contributed by atoms with Gasteiger partial charge in [-0.05, 0) is 37.6 Å². The number of aliphatic hydroxyl groups is 1. The molecule has 2 aliphatic heterocycles.